The molecule has 4 heteroatoms. The molecule has 1 aliphatic carbocycles. The summed E-state index contributed by atoms with van der Waals surface area (Å²) in [6.45, 7) is 8.32. The number of hydrogen-bond donors (Lipinski definition) is 1. The fourth-order valence-electron chi connectivity index (χ4n) is 1.94. The summed E-state index contributed by atoms with van der Waals surface area (Å²) in [7, 11) is 0. The smallest absolute Gasteiger partial charge is 0.218 e. The summed E-state index contributed by atoms with van der Waals surface area (Å²) >= 11 is 0. The third-order valence-electron chi connectivity index (χ3n) is 3.44. The SMILES string of the molecule is CCCCOc1cc(NCCC(C)C)nc(C2CC2)n1. The van der Waals surface area contributed by atoms with E-state index in [9.17, 15) is 0 Å². The van der Waals surface area contributed by atoms with Gasteiger partial charge in [0.25, 0.3) is 0 Å². The van der Waals surface area contributed by atoms with E-state index in [4.69, 9.17) is 4.74 Å². The molecule has 1 fully saturated rings. The molecule has 0 spiro atoms. The Morgan fingerprint density at radius 1 is 1.35 bits per heavy atom. The van der Waals surface area contributed by atoms with E-state index in [0.717, 1.165) is 49.9 Å². The Labute approximate surface area is 122 Å². The van der Waals surface area contributed by atoms with Gasteiger partial charge in [0.2, 0.25) is 5.88 Å². The van der Waals surface area contributed by atoms with Crippen LogP contribution in [0.4, 0.5) is 5.82 Å². The molecule has 1 saturated carbocycles. The minimum atomic E-state index is 0.551. The maximum absolute atomic E-state index is 5.74. The number of ether oxygens (including phenoxy) is 1. The van der Waals surface area contributed by atoms with Crippen LogP contribution in [0, 0.1) is 5.92 Å². The number of nitrogens with zero attached hydrogens (tertiary/aromatic N) is 2. The fourth-order valence-corrected chi connectivity index (χ4v) is 1.94. The van der Waals surface area contributed by atoms with Gasteiger partial charge in [-0.1, -0.05) is 27.2 Å². The second-order valence-electron chi connectivity index (χ2n) is 6.04. The van der Waals surface area contributed by atoms with E-state index in [2.05, 4.69) is 36.1 Å². The van der Waals surface area contributed by atoms with Gasteiger partial charge in [0.05, 0.1) is 6.61 Å². The van der Waals surface area contributed by atoms with Gasteiger partial charge in [-0.05, 0) is 31.6 Å². The van der Waals surface area contributed by atoms with E-state index in [0.29, 0.717) is 11.8 Å². The molecule has 0 unspecified atom stereocenters. The Balaban J connectivity index is 1.97. The highest BCUT2D eigenvalue weighted by Gasteiger charge is 2.27. The topological polar surface area (TPSA) is 47.0 Å². The number of nitrogens with one attached hydrogen (secondary N) is 1. The molecular weight excluding hydrogens is 250 g/mol. The molecule has 0 radical (unpaired) electrons. The highest BCUT2D eigenvalue weighted by atomic mass is 16.5. The van der Waals surface area contributed by atoms with Crippen LogP contribution in [0.2, 0.25) is 0 Å². The fraction of sp³-hybridized carbons (Fsp3) is 0.750. The van der Waals surface area contributed by atoms with E-state index >= 15 is 0 Å². The van der Waals surface area contributed by atoms with Crippen LogP contribution >= 0.6 is 0 Å². The highest BCUT2D eigenvalue weighted by molar-refractivity contribution is 5.39. The van der Waals surface area contributed by atoms with E-state index in [1.165, 1.54) is 12.8 Å². The molecule has 1 aliphatic rings. The summed E-state index contributed by atoms with van der Waals surface area (Å²) in [4.78, 5) is 9.16. The van der Waals surface area contributed by atoms with E-state index < -0.39 is 0 Å². The average molecular weight is 277 g/mol. The third-order valence-corrected chi connectivity index (χ3v) is 3.44. The molecule has 1 aromatic rings. The standard InChI is InChI=1S/C16H27N3O/c1-4-5-10-20-15-11-14(17-9-8-12(2)3)18-16(19-15)13-6-7-13/h11-13H,4-10H2,1-3H3,(H,17,18,19). The summed E-state index contributed by atoms with van der Waals surface area (Å²) in [5.74, 6) is 3.84. The summed E-state index contributed by atoms with van der Waals surface area (Å²) in [5.41, 5.74) is 0. The van der Waals surface area contributed by atoms with Crippen molar-refractivity contribution in [2.75, 3.05) is 18.5 Å². The molecule has 2 rings (SSSR count). The van der Waals surface area contributed by atoms with Crippen molar-refractivity contribution in [3.8, 4) is 5.88 Å². The van der Waals surface area contributed by atoms with Crippen molar-refractivity contribution in [1.82, 2.24) is 9.97 Å². The maximum atomic E-state index is 5.74. The summed E-state index contributed by atoms with van der Waals surface area (Å²) in [6.07, 6.45) is 5.78. The molecular formula is C16H27N3O. The van der Waals surface area contributed by atoms with Gasteiger partial charge in [-0.25, -0.2) is 4.98 Å². The van der Waals surface area contributed by atoms with Crippen LogP contribution in [0.15, 0.2) is 6.07 Å². The zero-order chi connectivity index (χ0) is 14.4. The second kappa shape index (κ2) is 7.46. The van der Waals surface area contributed by atoms with Crippen LogP contribution in [0.1, 0.15) is 64.6 Å². The summed E-state index contributed by atoms with van der Waals surface area (Å²) in [5, 5.41) is 3.40. The number of hydrogen-bond acceptors (Lipinski definition) is 4. The van der Waals surface area contributed by atoms with Gasteiger partial charge in [-0.3, -0.25) is 0 Å². The molecule has 1 heterocycles. The van der Waals surface area contributed by atoms with Gasteiger partial charge in [-0.15, -0.1) is 0 Å². The van der Waals surface area contributed by atoms with Gasteiger partial charge in [0.15, 0.2) is 0 Å². The number of anilines is 1. The van der Waals surface area contributed by atoms with Crippen molar-refractivity contribution >= 4 is 5.82 Å². The predicted octanol–water partition coefficient (Wildman–Crippen LogP) is 3.99. The zero-order valence-electron chi connectivity index (χ0n) is 13.0. The van der Waals surface area contributed by atoms with Crippen molar-refractivity contribution < 1.29 is 4.74 Å². The normalized spacial score (nSPS) is 14.6. The van der Waals surface area contributed by atoms with Crippen LogP contribution in [0.5, 0.6) is 5.88 Å². The lowest BCUT2D eigenvalue weighted by Crippen LogP contribution is -2.09. The van der Waals surface area contributed by atoms with Gasteiger partial charge in [0, 0.05) is 18.5 Å². The number of aromatic nitrogens is 2. The van der Waals surface area contributed by atoms with Crippen molar-refractivity contribution in [3.63, 3.8) is 0 Å². The van der Waals surface area contributed by atoms with Crippen LogP contribution in [0.3, 0.4) is 0 Å². The number of unbranched alkanes of at least 4 members (excludes halogenated alkanes) is 1. The Kier molecular flexibility index (Phi) is 5.62. The Hall–Kier alpha value is -1.32. The van der Waals surface area contributed by atoms with Crippen molar-refractivity contribution in [3.05, 3.63) is 11.9 Å². The molecule has 20 heavy (non-hydrogen) atoms. The molecule has 0 saturated heterocycles. The molecule has 1 aromatic heterocycles. The molecule has 4 nitrogen and oxygen atoms in total. The lowest BCUT2D eigenvalue weighted by atomic mass is 10.1. The lowest BCUT2D eigenvalue weighted by molar-refractivity contribution is 0.296. The summed E-state index contributed by atoms with van der Waals surface area (Å²) in [6, 6.07) is 1.93. The van der Waals surface area contributed by atoms with Gasteiger partial charge >= 0.3 is 0 Å². The van der Waals surface area contributed by atoms with Crippen LogP contribution in [0.25, 0.3) is 0 Å². The molecule has 0 aromatic carbocycles. The molecule has 0 bridgehead atoms. The van der Waals surface area contributed by atoms with Crippen LogP contribution in [-0.2, 0) is 0 Å². The minimum absolute atomic E-state index is 0.551. The largest absolute Gasteiger partial charge is 0.478 e. The summed E-state index contributed by atoms with van der Waals surface area (Å²) < 4.78 is 5.74. The maximum Gasteiger partial charge on any atom is 0.218 e. The minimum Gasteiger partial charge on any atom is -0.478 e. The Morgan fingerprint density at radius 2 is 2.15 bits per heavy atom. The third kappa shape index (κ3) is 4.99. The molecule has 0 amide bonds. The van der Waals surface area contributed by atoms with E-state index in [-0.39, 0.29) is 0 Å². The average Bonchev–Trinajstić information content (AvgIpc) is 3.23. The van der Waals surface area contributed by atoms with Crippen LogP contribution < -0.4 is 10.1 Å². The van der Waals surface area contributed by atoms with Gasteiger partial charge < -0.3 is 10.1 Å². The monoisotopic (exact) mass is 277 g/mol. The highest BCUT2D eigenvalue weighted by Crippen LogP contribution is 2.39. The first-order chi connectivity index (χ1) is 9.69. The van der Waals surface area contributed by atoms with E-state index in [1.807, 2.05) is 6.07 Å². The first-order valence-corrected chi connectivity index (χ1v) is 7.94. The van der Waals surface area contributed by atoms with Crippen molar-refractivity contribution in [2.24, 2.45) is 5.92 Å². The molecule has 112 valence electrons. The Morgan fingerprint density at radius 3 is 2.80 bits per heavy atom. The zero-order valence-corrected chi connectivity index (χ0v) is 13.0. The van der Waals surface area contributed by atoms with Crippen molar-refractivity contribution in [1.29, 1.82) is 0 Å². The molecule has 0 aliphatic heterocycles. The first kappa shape index (κ1) is 15.1. The quantitative estimate of drug-likeness (QED) is 0.693. The molecule has 0 atom stereocenters. The van der Waals surface area contributed by atoms with Gasteiger partial charge in [-0.2, -0.15) is 4.98 Å². The Bertz CT molecular complexity index is 416. The van der Waals surface area contributed by atoms with Gasteiger partial charge in [0.1, 0.15) is 11.6 Å². The molecule has 1 N–H and O–H groups in total. The number of rotatable bonds is 9. The predicted molar refractivity (Wildman–Crippen MR) is 82.4 cm³/mol. The van der Waals surface area contributed by atoms with Crippen LogP contribution in [-0.4, -0.2) is 23.1 Å². The second-order valence-corrected chi connectivity index (χ2v) is 6.04. The van der Waals surface area contributed by atoms with E-state index in [1.54, 1.807) is 0 Å². The first-order valence-electron chi connectivity index (χ1n) is 7.94. The van der Waals surface area contributed by atoms with Crippen molar-refractivity contribution in [2.45, 2.75) is 58.8 Å². The lowest BCUT2D eigenvalue weighted by Gasteiger charge is -2.11.